The van der Waals surface area contributed by atoms with Crippen LogP contribution in [-0.4, -0.2) is 32.2 Å². The van der Waals surface area contributed by atoms with Crippen LogP contribution in [-0.2, 0) is 9.53 Å². The van der Waals surface area contributed by atoms with Gasteiger partial charge in [-0.3, -0.25) is 4.79 Å². The Hall–Kier alpha value is -0.610. The molecule has 1 saturated carbocycles. The molecule has 0 radical (unpaired) electrons. The van der Waals surface area contributed by atoms with Crippen LogP contribution in [0.1, 0.15) is 32.6 Å². The lowest BCUT2D eigenvalue weighted by Gasteiger charge is -2.21. The third kappa shape index (κ3) is 3.76. The van der Waals surface area contributed by atoms with Crippen LogP contribution < -0.4 is 11.1 Å². The molecule has 0 aromatic carbocycles. The molecule has 3 atom stereocenters. The fourth-order valence-corrected chi connectivity index (χ4v) is 2.44. The topological polar surface area (TPSA) is 64.3 Å². The van der Waals surface area contributed by atoms with E-state index in [0.717, 1.165) is 12.8 Å². The van der Waals surface area contributed by atoms with Crippen LogP contribution in [0.4, 0.5) is 0 Å². The molecule has 1 aliphatic rings. The lowest BCUT2D eigenvalue weighted by Crippen LogP contribution is -2.43. The van der Waals surface area contributed by atoms with Gasteiger partial charge in [-0.15, -0.1) is 0 Å². The molecule has 0 aliphatic heterocycles. The molecule has 3 N–H and O–H groups in total. The monoisotopic (exact) mass is 228 g/mol. The van der Waals surface area contributed by atoms with Gasteiger partial charge in [0.1, 0.15) is 0 Å². The molecule has 0 bridgehead atoms. The largest absolute Gasteiger partial charge is 0.383 e. The van der Waals surface area contributed by atoms with Crippen molar-refractivity contribution in [3.63, 3.8) is 0 Å². The number of hydrogen-bond donors (Lipinski definition) is 2. The summed E-state index contributed by atoms with van der Waals surface area (Å²) in [5, 5.41) is 3.05. The Labute approximate surface area is 97.9 Å². The first-order valence-corrected chi connectivity index (χ1v) is 6.18. The van der Waals surface area contributed by atoms with E-state index in [0.29, 0.717) is 19.1 Å². The molecule has 0 spiro atoms. The minimum atomic E-state index is 0.0651. The van der Waals surface area contributed by atoms with Gasteiger partial charge in [-0.25, -0.2) is 0 Å². The van der Waals surface area contributed by atoms with E-state index in [1.54, 1.807) is 7.11 Å². The van der Waals surface area contributed by atoms with Gasteiger partial charge in [0, 0.05) is 13.0 Å². The molecule has 3 unspecified atom stereocenters. The van der Waals surface area contributed by atoms with Crippen molar-refractivity contribution in [1.82, 2.24) is 5.32 Å². The normalized spacial score (nSPS) is 26.7. The highest BCUT2D eigenvalue weighted by Gasteiger charge is 2.30. The SMILES string of the molecule is COCC(CCN)NC(=O)C1CCCC1C. The number of nitrogens with two attached hydrogens (primary N) is 1. The Bertz CT molecular complexity index is 215. The summed E-state index contributed by atoms with van der Waals surface area (Å²) in [5.74, 6) is 0.888. The van der Waals surface area contributed by atoms with Gasteiger partial charge in [0.25, 0.3) is 0 Å². The lowest BCUT2D eigenvalue weighted by molar-refractivity contribution is -0.127. The van der Waals surface area contributed by atoms with E-state index in [-0.39, 0.29) is 17.9 Å². The van der Waals surface area contributed by atoms with Gasteiger partial charge in [-0.05, 0) is 31.7 Å². The molecule has 4 nitrogen and oxygen atoms in total. The molecule has 1 rings (SSSR count). The maximum atomic E-state index is 12.0. The molecule has 4 heteroatoms. The number of hydrogen-bond acceptors (Lipinski definition) is 3. The summed E-state index contributed by atoms with van der Waals surface area (Å²) < 4.78 is 5.08. The van der Waals surface area contributed by atoms with Crippen molar-refractivity contribution in [3.8, 4) is 0 Å². The third-order valence-electron chi connectivity index (χ3n) is 3.43. The number of carbonyl (C=O) groups is 1. The smallest absolute Gasteiger partial charge is 0.223 e. The van der Waals surface area contributed by atoms with Crippen LogP contribution in [0.3, 0.4) is 0 Å². The Morgan fingerprint density at radius 1 is 1.56 bits per heavy atom. The van der Waals surface area contributed by atoms with Gasteiger partial charge in [0.15, 0.2) is 0 Å². The maximum absolute atomic E-state index is 12.0. The molecular formula is C12H24N2O2. The van der Waals surface area contributed by atoms with Crippen LogP contribution in [0.5, 0.6) is 0 Å². The summed E-state index contributed by atoms with van der Waals surface area (Å²) in [5.41, 5.74) is 5.51. The highest BCUT2D eigenvalue weighted by molar-refractivity contribution is 5.79. The van der Waals surface area contributed by atoms with Crippen LogP contribution in [0, 0.1) is 11.8 Å². The second-order valence-corrected chi connectivity index (χ2v) is 4.75. The van der Waals surface area contributed by atoms with Crippen molar-refractivity contribution in [3.05, 3.63) is 0 Å². The second kappa shape index (κ2) is 6.86. The molecule has 1 aliphatic carbocycles. The summed E-state index contributed by atoms with van der Waals surface area (Å²) in [6.07, 6.45) is 4.14. The van der Waals surface area contributed by atoms with Crippen LogP contribution >= 0.6 is 0 Å². The third-order valence-corrected chi connectivity index (χ3v) is 3.43. The molecule has 0 aromatic heterocycles. The molecule has 0 heterocycles. The summed E-state index contributed by atoms with van der Waals surface area (Å²) >= 11 is 0. The number of amides is 1. The van der Waals surface area contributed by atoms with Crippen molar-refractivity contribution >= 4 is 5.91 Å². The lowest BCUT2D eigenvalue weighted by atomic mass is 9.97. The van der Waals surface area contributed by atoms with Gasteiger partial charge in [0.2, 0.25) is 5.91 Å². The fourth-order valence-electron chi connectivity index (χ4n) is 2.44. The number of rotatable bonds is 6. The first kappa shape index (κ1) is 13.5. The first-order chi connectivity index (χ1) is 7.69. The number of ether oxygens (including phenoxy) is 1. The summed E-state index contributed by atoms with van der Waals surface area (Å²) in [6, 6.07) is 0.0651. The average Bonchev–Trinajstić information content (AvgIpc) is 2.65. The van der Waals surface area contributed by atoms with E-state index in [2.05, 4.69) is 12.2 Å². The van der Waals surface area contributed by atoms with Gasteiger partial charge in [-0.2, -0.15) is 0 Å². The minimum absolute atomic E-state index is 0.0651. The van der Waals surface area contributed by atoms with Crippen LogP contribution in [0.25, 0.3) is 0 Å². The van der Waals surface area contributed by atoms with E-state index in [9.17, 15) is 4.79 Å². The molecule has 0 saturated heterocycles. The zero-order chi connectivity index (χ0) is 12.0. The summed E-state index contributed by atoms with van der Waals surface area (Å²) in [4.78, 5) is 12.0. The zero-order valence-corrected chi connectivity index (χ0v) is 10.4. The Kier molecular flexibility index (Phi) is 5.77. The fraction of sp³-hybridized carbons (Fsp3) is 0.917. The summed E-state index contributed by atoms with van der Waals surface area (Å²) in [7, 11) is 1.65. The zero-order valence-electron chi connectivity index (χ0n) is 10.4. The molecule has 0 aromatic rings. The van der Waals surface area contributed by atoms with Crippen molar-refractivity contribution < 1.29 is 9.53 Å². The van der Waals surface area contributed by atoms with Gasteiger partial charge in [0.05, 0.1) is 12.6 Å². The highest BCUT2D eigenvalue weighted by atomic mass is 16.5. The van der Waals surface area contributed by atoms with Gasteiger partial charge >= 0.3 is 0 Å². The van der Waals surface area contributed by atoms with Crippen LogP contribution in [0.2, 0.25) is 0 Å². The maximum Gasteiger partial charge on any atom is 0.223 e. The van der Waals surface area contributed by atoms with E-state index in [4.69, 9.17) is 10.5 Å². The van der Waals surface area contributed by atoms with Crippen molar-refractivity contribution in [2.45, 2.75) is 38.6 Å². The standard InChI is InChI=1S/C12H24N2O2/c1-9-4-3-5-11(9)12(15)14-10(6-7-13)8-16-2/h9-11H,3-8,13H2,1-2H3,(H,14,15). The van der Waals surface area contributed by atoms with Gasteiger partial charge < -0.3 is 15.8 Å². The summed E-state index contributed by atoms with van der Waals surface area (Å²) in [6.45, 7) is 3.28. The Balaban J connectivity index is 2.40. The molecule has 16 heavy (non-hydrogen) atoms. The van der Waals surface area contributed by atoms with E-state index in [1.807, 2.05) is 0 Å². The minimum Gasteiger partial charge on any atom is -0.383 e. The second-order valence-electron chi connectivity index (χ2n) is 4.75. The van der Waals surface area contributed by atoms with Crippen molar-refractivity contribution in [2.75, 3.05) is 20.3 Å². The van der Waals surface area contributed by atoms with E-state index < -0.39 is 0 Å². The van der Waals surface area contributed by atoms with Gasteiger partial charge in [-0.1, -0.05) is 13.3 Å². The average molecular weight is 228 g/mol. The predicted molar refractivity (Wildman–Crippen MR) is 64.0 cm³/mol. The number of carbonyl (C=O) groups excluding carboxylic acids is 1. The Morgan fingerprint density at radius 2 is 2.31 bits per heavy atom. The molecule has 1 amide bonds. The van der Waals surface area contributed by atoms with Crippen LogP contribution in [0.15, 0.2) is 0 Å². The Morgan fingerprint density at radius 3 is 2.81 bits per heavy atom. The highest BCUT2D eigenvalue weighted by Crippen LogP contribution is 2.31. The van der Waals surface area contributed by atoms with E-state index >= 15 is 0 Å². The molecule has 1 fully saturated rings. The molecular weight excluding hydrogens is 204 g/mol. The first-order valence-electron chi connectivity index (χ1n) is 6.18. The molecule has 94 valence electrons. The number of nitrogens with one attached hydrogen (secondary N) is 1. The predicted octanol–water partition coefficient (Wildman–Crippen LogP) is 0.903. The van der Waals surface area contributed by atoms with Crippen molar-refractivity contribution in [2.24, 2.45) is 17.6 Å². The van der Waals surface area contributed by atoms with Crippen molar-refractivity contribution in [1.29, 1.82) is 0 Å². The quantitative estimate of drug-likeness (QED) is 0.710. The van der Waals surface area contributed by atoms with E-state index in [1.165, 1.54) is 12.8 Å². The number of methoxy groups -OCH3 is 1.